The largest absolute Gasteiger partial charge is 0.418 e. The van der Waals surface area contributed by atoms with Crippen LogP contribution >= 0.6 is 11.6 Å². The summed E-state index contributed by atoms with van der Waals surface area (Å²) in [5.41, 5.74) is -1.19. The van der Waals surface area contributed by atoms with Crippen molar-refractivity contribution in [3.05, 3.63) is 64.7 Å². The first kappa shape index (κ1) is 18.3. The van der Waals surface area contributed by atoms with Crippen LogP contribution in [-0.2, 0) is 17.4 Å². The van der Waals surface area contributed by atoms with Crippen molar-refractivity contribution in [2.45, 2.75) is 26.4 Å². The van der Waals surface area contributed by atoms with Gasteiger partial charge in [0.15, 0.2) is 0 Å². The molecular formula is C18H17ClF3NO. The van der Waals surface area contributed by atoms with Crippen LogP contribution in [0.25, 0.3) is 0 Å². The van der Waals surface area contributed by atoms with E-state index in [4.69, 9.17) is 11.6 Å². The van der Waals surface area contributed by atoms with Crippen molar-refractivity contribution in [1.29, 1.82) is 0 Å². The van der Waals surface area contributed by atoms with Gasteiger partial charge < -0.3 is 5.32 Å². The van der Waals surface area contributed by atoms with E-state index in [1.807, 2.05) is 30.3 Å². The summed E-state index contributed by atoms with van der Waals surface area (Å²) in [5, 5.41) is 2.35. The van der Waals surface area contributed by atoms with Crippen LogP contribution in [0.5, 0.6) is 0 Å². The van der Waals surface area contributed by atoms with Crippen molar-refractivity contribution in [2.75, 3.05) is 5.32 Å². The third-order valence-corrected chi connectivity index (χ3v) is 3.87. The summed E-state index contributed by atoms with van der Waals surface area (Å²) < 4.78 is 39.3. The van der Waals surface area contributed by atoms with Gasteiger partial charge in [-0.2, -0.15) is 13.2 Å². The van der Waals surface area contributed by atoms with Gasteiger partial charge in [0.05, 0.1) is 11.3 Å². The number of anilines is 1. The van der Waals surface area contributed by atoms with Crippen molar-refractivity contribution in [2.24, 2.45) is 5.41 Å². The molecule has 0 radical (unpaired) electrons. The second-order valence-corrected chi connectivity index (χ2v) is 6.62. The molecule has 6 heteroatoms. The van der Waals surface area contributed by atoms with E-state index < -0.39 is 23.1 Å². The van der Waals surface area contributed by atoms with Crippen molar-refractivity contribution in [3.8, 4) is 0 Å². The predicted molar refractivity (Wildman–Crippen MR) is 89.0 cm³/mol. The molecular weight excluding hydrogens is 339 g/mol. The molecule has 0 aromatic heterocycles. The first-order valence-corrected chi connectivity index (χ1v) is 7.69. The fourth-order valence-corrected chi connectivity index (χ4v) is 2.51. The number of carbonyl (C=O) groups excluding carboxylic acids is 1. The van der Waals surface area contributed by atoms with Crippen molar-refractivity contribution in [1.82, 2.24) is 0 Å². The zero-order chi connectivity index (χ0) is 18.0. The first-order chi connectivity index (χ1) is 11.1. The van der Waals surface area contributed by atoms with Crippen LogP contribution in [0.4, 0.5) is 18.9 Å². The Morgan fingerprint density at radius 2 is 1.71 bits per heavy atom. The van der Waals surface area contributed by atoms with Crippen LogP contribution in [0, 0.1) is 5.41 Å². The normalized spacial score (nSPS) is 12.1. The Hall–Kier alpha value is -2.01. The maximum absolute atomic E-state index is 13.1. The summed E-state index contributed by atoms with van der Waals surface area (Å²) in [5.74, 6) is -0.487. The molecule has 0 saturated carbocycles. The van der Waals surface area contributed by atoms with Crippen LogP contribution in [0.15, 0.2) is 48.5 Å². The smallest absolute Gasteiger partial charge is 0.325 e. The quantitative estimate of drug-likeness (QED) is 0.763. The maximum atomic E-state index is 13.1. The lowest BCUT2D eigenvalue weighted by molar-refractivity contribution is -0.137. The summed E-state index contributed by atoms with van der Waals surface area (Å²) in [7, 11) is 0. The average Bonchev–Trinajstić information content (AvgIpc) is 2.48. The molecule has 0 atom stereocenters. The fourth-order valence-electron chi connectivity index (χ4n) is 2.34. The Balaban J connectivity index is 2.23. The van der Waals surface area contributed by atoms with E-state index >= 15 is 0 Å². The summed E-state index contributed by atoms with van der Waals surface area (Å²) >= 11 is 5.64. The van der Waals surface area contributed by atoms with Crippen LogP contribution < -0.4 is 5.32 Å². The Morgan fingerprint density at radius 3 is 2.29 bits per heavy atom. The number of amides is 1. The van der Waals surface area contributed by atoms with Gasteiger partial charge in [-0.25, -0.2) is 0 Å². The van der Waals surface area contributed by atoms with Crippen LogP contribution in [0.3, 0.4) is 0 Å². The van der Waals surface area contributed by atoms with Gasteiger partial charge in [-0.05, 0) is 30.2 Å². The van der Waals surface area contributed by atoms with Gasteiger partial charge in [-0.3, -0.25) is 4.79 Å². The van der Waals surface area contributed by atoms with E-state index in [2.05, 4.69) is 5.32 Å². The number of hydrogen-bond acceptors (Lipinski definition) is 1. The molecule has 24 heavy (non-hydrogen) atoms. The minimum Gasteiger partial charge on any atom is -0.325 e. The molecule has 0 bridgehead atoms. The first-order valence-electron chi connectivity index (χ1n) is 7.32. The predicted octanol–water partition coefficient (Wildman–Crippen LogP) is 5.57. The summed E-state index contributed by atoms with van der Waals surface area (Å²) in [4.78, 5) is 12.5. The second-order valence-electron chi connectivity index (χ2n) is 6.19. The minimum absolute atomic E-state index is 0.0381. The van der Waals surface area contributed by atoms with E-state index in [0.29, 0.717) is 6.42 Å². The van der Waals surface area contributed by atoms with Gasteiger partial charge in [0.1, 0.15) is 0 Å². The highest BCUT2D eigenvalue weighted by Crippen LogP contribution is 2.37. The molecule has 1 amide bonds. The Labute approximate surface area is 143 Å². The lowest BCUT2D eigenvalue weighted by Crippen LogP contribution is -2.33. The van der Waals surface area contributed by atoms with Crippen LogP contribution in [-0.4, -0.2) is 5.91 Å². The molecule has 2 aromatic rings. The molecule has 0 aliphatic heterocycles. The molecule has 0 fully saturated rings. The standard InChI is InChI=1S/C18H17ClF3NO/c1-17(2,11-12-6-4-3-5-7-12)16(24)23-15-9-8-13(19)10-14(15)18(20,21)22/h3-10H,11H2,1-2H3,(H,23,24). The number of halogens is 4. The monoisotopic (exact) mass is 355 g/mol. The number of alkyl halides is 3. The van der Waals surface area contributed by atoms with Gasteiger partial charge in [-0.1, -0.05) is 55.8 Å². The van der Waals surface area contributed by atoms with Gasteiger partial charge in [0.25, 0.3) is 0 Å². The van der Waals surface area contributed by atoms with Gasteiger partial charge in [0, 0.05) is 10.4 Å². The molecule has 0 heterocycles. The van der Waals surface area contributed by atoms with Crippen molar-refractivity contribution >= 4 is 23.2 Å². The third kappa shape index (κ3) is 4.51. The van der Waals surface area contributed by atoms with E-state index in [1.165, 1.54) is 12.1 Å². The van der Waals surface area contributed by atoms with E-state index in [-0.39, 0.29) is 10.7 Å². The SMILES string of the molecule is CC(C)(Cc1ccccc1)C(=O)Nc1ccc(Cl)cc1C(F)(F)F. The van der Waals surface area contributed by atoms with Crippen molar-refractivity contribution < 1.29 is 18.0 Å². The molecule has 0 saturated heterocycles. The number of carbonyl (C=O) groups is 1. The number of rotatable bonds is 4. The fraction of sp³-hybridized carbons (Fsp3) is 0.278. The molecule has 0 spiro atoms. The maximum Gasteiger partial charge on any atom is 0.418 e. The zero-order valence-corrected chi connectivity index (χ0v) is 14.0. The third-order valence-electron chi connectivity index (χ3n) is 3.64. The van der Waals surface area contributed by atoms with Gasteiger partial charge >= 0.3 is 6.18 Å². The Kier molecular flexibility index (Phi) is 5.23. The Morgan fingerprint density at radius 1 is 1.08 bits per heavy atom. The molecule has 128 valence electrons. The van der Waals surface area contributed by atoms with E-state index in [9.17, 15) is 18.0 Å². The summed E-state index contributed by atoms with van der Waals surface area (Å²) in [6, 6.07) is 12.6. The zero-order valence-electron chi connectivity index (χ0n) is 13.2. The topological polar surface area (TPSA) is 29.1 Å². The molecule has 2 nitrogen and oxygen atoms in total. The highest BCUT2D eigenvalue weighted by Gasteiger charge is 2.36. The van der Waals surface area contributed by atoms with E-state index in [0.717, 1.165) is 11.6 Å². The minimum atomic E-state index is -4.60. The molecule has 2 rings (SSSR count). The van der Waals surface area contributed by atoms with Crippen LogP contribution in [0.2, 0.25) is 5.02 Å². The van der Waals surface area contributed by atoms with Crippen molar-refractivity contribution in [3.63, 3.8) is 0 Å². The lowest BCUT2D eigenvalue weighted by atomic mass is 9.84. The number of nitrogens with one attached hydrogen (secondary N) is 1. The van der Waals surface area contributed by atoms with Gasteiger partial charge in [-0.15, -0.1) is 0 Å². The molecule has 2 aromatic carbocycles. The molecule has 0 aliphatic carbocycles. The summed E-state index contributed by atoms with van der Waals surface area (Å²) in [6.07, 6.45) is -4.19. The Bertz CT molecular complexity index is 727. The highest BCUT2D eigenvalue weighted by atomic mass is 35.5. The molecule has 0 aliphatic rings. The van der Waals surface area contributed by atoms with E-state index in [1.54, 1.807) is 13.8 Å². The summed E-state index contributed by atoms with van der Waals surface area (Å²) in [6.45, 7) is 3.39. The van der Waals surface area contributed by atoms with Crippen LogP contribution in [0.1, 0.15) is 25.0 Å². The molecule has 1 N–H and O–H groups in total. The number of hydrogen-bond donors (Lipinski definition) is 1. The number of benzene rings is 2. The molecule has 0 unspecified atom stereocenters. The highest BCUT2D eigenvalue weighted by molar-refractivity contribution is 6.30. The average molecular weight is 356 g/mol. The lowest BCUT2D eigenvalue weighted by Gasteiger charge is -2.25. The van der Waals surface area contributed by atoms with Gasteiger partial charge in [0.2, 0.25) is 5.91 Å². The second kappa shape index (κ2) is 6.85.